The van der Waals surface area contributed by atoms with Crippen molar-refractivity contribution in [3.05, 3.63) is 105 Å². The number of hydrogen-bond donors (Lipinski definition) is 1. The van der Waals surface area contributed by atoms with E-state index in [1.807, 2.05) is 38.1 Å². The molecule has 1 atom stereocenters. The Balaban J connectivity index is 1.66. The number of aromatic nitrogens is 1. The number of halogens is 4. The highest BCUT2D eigenvalue weighted by atomic mass is 35.5. The number of rotatable bonds is 4. The van der Waals surface area contributed by atoms with Gasteiger partial charge in [-0.3, -0.25) is 4.79 Å². The van der Waals surface area contributed by atoms with Crippen LogP contribution in [0.4, 0.5) is 4.39 Å². The van der Waals surface area contributed by atoms with E-state index in [4.69, 9.17) is 44.5 Å². The van der Waals surface area contributed by atoms with Gasteiger partial charge in [0.25, 0.3) is 5.91 Å². The van der Waals surface area contributed by atoms with E-state index in [-0.39, 0.29) is 11.5 Å². The van der Waals surface area contributed by atoms with Crippen molar-refractivity contribution in [2.45, 2.75) is 31.9 Å². The quantitative estimate of drug-likeness (QED) is 0.274. The average Bonchev–Trinajstić information content (AvgIpc) is 2.83. The maximum Gasteiger partial charge on any atom is 0.251 e. The SMILES string of the molecule is CC1(C)C[C@@H](NC(=O)c2cccc(F)c2)c2cc(-c3ccc(Cl)cc3)c(-c3ccc(Cl)cc3Cl)nc2O1. The third kappa shape index (κ3) is 5.45. The van der Waals surface area contributed by atoms with Crippen LogP contribution in [0.25, 0.3) is 22.4 Å². The number of ether oxygens (including phenoxy) is 1. The van der Waals surface area contributed by atoms with Crippen molar-refractivity contribution in [1.82, 2.24) is 10.3 Å². The maximum absolute atomic E-state index is 13.8. The van der Waals surface area contributed by atoms with Crippen LogP contribution in [0.2, 0.25) is 15.1 Å². The lowest BCUT2D eigenvalue weighted by molar-refractivity contribution is 0.0572. The Hall–Kier alpha value is -3.12. The molecule has 1 aromatic heterocycles. The van der Waals surface area contributed by atoms with Crippen molar-refractivity contribution in [2.24, 2.45) is 0 Å². The first kappa shape index (κ1) is 25.5. The molecule has 0 spiro atoms. The predicted octanol–water partition coefficient (Wildman–Crippen LogP) is 8.55. The summed E-state index contributed by atoms with van der Waals surface area (Å²) >= 11 is 18.9. The average molecular weight is 556 g/mol. The Labute approximate surface area is 229 Å². The third-order valence-electron chi connectivity index (χ3n) is 6.19. The fraction of sp³-hybridized carbons (Fsp3) is 0.172. The summed E-state index contributed by atoms with van der Waals surface area (Å²) < 4.78 is 20.0. The zero-order chi connectivity index (χ0) is 26.3. The van der Waals surface area contributed by atoms with E-state index in [9.17, 15) is 9.18 Å². The summed E-state index contributed by atoms with van der Waals surface area (Å²) in [6, 6.07) is 19.7. The summed E-state index contributed by atoms with van der Waals surface area (Å²) in [5.41, 5.74) is 3.27. The molecule has 8 heteroatoms. The van der Waals surface area contributed by atoms with E-state index in [0.29, 0.717) is 44.2 Å². The van der Waals surface area contributed by atoms with E-state index in [1.165, 1.54) is 18.2 Å². The smallest absolute Gasteiger partial charge is 0.251 e. The molecule has 0 saturated carbocycles. The number of fused-ring (bicyclic) bond motifs is 1. The molecule has 0 saturated heterocycles. The summed E-state index contributed by atoms with van der Waals surface area (Å²) in [4.78, 5) is 18.0. The number of amides is 1. The Morgan fingerprint density at radius 1 is 0.973 bits per heavy atom. The van der Waals surface area contributed by atoms with Crippen molar-refractivity contribution in [3.8, 4) is 28.3 Å². The normalized spacial score (nSPS) is 16.0. The van der Waals surface area contributed by atoms with Crippen molar-refractivity contribution in [3.63, 3.8) is 0 Å². The van der Waals surface area contributed by atoms with E-state index < -0.39 is 17.5 Å². The molecule has 1 aliphatic rings. The van der Waals surface area contributed by atoms with Crippen LogP contribution >= 0.6 is 34.8 Å². The number of carbonyl (C=O) groups excluding carboxylic acids is 1. The number of hydrogen-bond acceptors (Lipinski definition) is 3. The van der Waals surface area contributed by atoms with Gasteiger partial charge in [-0.2, -0.15) is 0 Å². The monoisotopic (exact) mass is 554 g/mol. The Morgan fingerprint density at radius 3 is 2.41 bits per heavy atom. The fourth-order valence-corrected chi connectivity index (χ4v) is 5.11. The van der Waals surface area contributed by atoms with E-state index in [2.05, 4.69) is 5.32 Å². The van der Waals surface area contributed by atoms with Crippen molar-refractivity contribution < 1.29 is 13.9 Å². The van der Waals surface area contributed by atoms with E-state index in [1.54, 1.807) is 30.3 Å². The largest absolute Gasteiger partial charge is 0.471 e. The molecule has 0 radical (unpaired) electrons. The zero-order valence-corrected chi connectivity index (χ0v) is 22.3. The van der Waals surface area contributed by atoms with E-state index >= 15 is 0 Å². The second-order valence-electron chi connectivity index (χ2n) is 9.51. The van der Waals surface area contributed by atoms with Gasteiger partial charge in [-0.15, -0.1) is 0 Å². The van der Waals surface area contributed by atoms with Gasteiger partial charge in [0.05, 0.1) is 16.8 Å². The summed E-state index contributed by atoms with van der Waals surface area (Å²) in [5, 5.41) is 4.61. The van der Waals surface area contributed by atoms with Gasteiger partial charge in [-0.25, -0.2) is 9.37 Å². The molecule has 0 unspecified atom stereocenters. The second-order valence-corrected chi connectivity index (χ2v) is 10.8. The minimum absolute atomic E-state index is 0.237. The Morgan fingerprint density at radius 2 is 1.70 bits per heavy atom. The standard InChI is InChI=1S/C29H22Cl3FN2O2/c1-29(2)15-25(34-27(36)17-4-3-5-20(33)12-17)23-14-22(16-6-8-18(30)9-7-16)26(35-28(23)37-29)21-11-10-19(31)13-24(21)32/h3-14,25H,15H2,1-2H3,(H,34,36)/t25-/m1/s1. The highest BCUT2D eigenvalue weighted by molar-refractivity contribution is 6.36. The van der Waals surface area contributed by atoms with Crippen LogP contribution in [0, 0.1) is 5.82 Å². The molecule has 1 N–H and O–H groups in total. The molecule has 37 heavy (non-hydrogen) atoms. The van der Waals surface area contributed by atoms with Crippen LogP contribution in [-0.4, -0.2) is 16.5 Å². The molecule has 1 amide bonds. The van der Waals surface area contributed by atoms with Crippen LogP contribution < -0.4 is 10.1 Å². The molecule has 0 aliphatic carbocycles. The van der Waals surface area contributed by atoms with Gasteiger partial charge in [-0.1, -0.05) is 53.0 Å². The van der Waals surface area contributed by atoms with E-state index in [0.717, 1.165) is 11.1 Å². The van der Waals surface area contributed by atoms with Crippen LogP contribution in [-0.2, 0) is 0 Å². The first-order valence-corrected chi connectivity index (χ1v) is 12.7. The lowest BCUT2D eigenvalue weighted by Crippen LogP contribution is -2.41. The molecular formula is C29H22Cl3FN2O2. The van der Waals surface area contributed by atoms with Crippen molar-refractivity contribution >= 4 is 40.7 Å². The predicted molar refractivity (Wildman–Crippen MR) is 146 cm³/mol. The molecule has 0 fully saturated rings. The van der Waals surface area contributed by atoms with Crippen molar-refractivity contribution in [1.29, 1.82) is 0 Å². The van der Waals surface area contributed by atoms with Gasteiger partial charge in [-0.05, 0) is 74.0 Å². The number of pyridine rings is 1. The maximum atomic E-state index is 13.8. The molecule has 4 aromatic rings. The van der Waals surface area contributed by atoms with Gasteiger partial charge in [0.15, 0.2) is 0 Å². The first-order valence-electron chi connectivity index (χ1n) is 11.6. The van der Waals surface area contributed by atoms with Crippen LogP contribution in [0.5, 0.6) is 5.88 Å². The molecule has 2 heterocycles. The second kappa shape index (κ2) is 9.97. The molecule has 3 aromatic carbocycles. The molecule has 4 nitrogen and oxygen atoms in total. The third-order valence-corrected chi connectivity index (χ3v) is 6.99. The summed E-state index contributed by atoms with van der Waals surface area (Å²) in [7, 11) is 0. The van der Waals surface area contributed by atoms with Gasteiger partial charge >= 0.3 is 0 Å². The number of benzene rings is 3. The van der Waals surface area contributed by atoms with Gasteiger partial charge in [0.2, 0.25) is 5.88 Å². The number of carbonyl (C=O) groups is 1. The van der Waals surface area contributed by atoms with Gasteiger partial charge < -0.3 is 10.1 Å². The van der Waals surface area contributed by atoms with Crippen LogP contribution in [0.1, 0.15) is 42.2 Å². The van der Waals surface area contributed by atoms with Crippen LogP contribution in [0.15, 0.2) is 72.8 Å². The summed E-state index contributed by atoms with van der Waals surface area (Å²) in [6.07, 6.45) is 0.490. The molecule has 188 valence electrons. The molecular weight excluding hydrogens is 534 g/mol. The molecule has 0 bridgehead atoms. The highest BCUT2D eigenvalue weighted by Gasteiger charge is 2.37. The summed E-state index contributed by atoms with van der Waals surface area (Å²) in [6.45, 7) is 3.86. The zero-order valence-electron chi connectivity index (χ0n) is 20.0. The topological polar surface area (TPSA) is 51.2 Å². The highest BCUT2D eigenvalue weighted by Crippen LogP contribution is 2.45. The minimum atomic E-state index is -0.622. The Kier molecular flexibility index (Phi) is 6.88. The van der Waals surface area contributed by atoms with Crippen LogP contribution in [0.3, 0.4) is 0 Å². The Bertz CT molecular complexity index is 1510. The lowest BCUT2D eigenvalue weighted by atomic mass is 9.88. The number of nitrogens with zero attached hydrogens (tertiary/aromatic N) is 1. The fourth-order valence-electron chi connectivity index (χ4n) is 4.48. The van der Waals surface area contributed by atoms with Gasteiger partial charge in [0, 0.05) is 38.7 Å². The molecule has 1 aliphatic heterocycles. The van der Waals surface area contributed by atoms with Crippen molar-refractivity contribution in [2.75, 3.05) is 0 Å². The first-order chi connectivity index (χ1) is 17.6. The number of nitrogens with one attached hydrogen (secondary N) is 1. The van der Waals surface area contributed by atoms with Gasteiger partial charge in [0.1, 0.15) is 11.4 Å². The molecule has 5 rings (SSSR count). The summed E-state index contributed by atoms with van der Waals surface area (Å²) in [5.74, 6) is -0.470. The minimum Gasteiger partial charge on any atom is -0.471 e. The lowest BCUT2D eigenvalue weighted by Gasteiger charge is -2.37.